The van der Waals surface area contributed by atoms with Crippen molar-refractivity contribution in [1.29, 1.82) is 0 Å². The number of amides is 1. The molecule has 0 aliphatic carbocycles. The van der Waals surface area contributed by atoms with Crippen LogP contribution < -0.4 is 10.6 Å². The van der Waals surface area contributed by atoms with Crippen LogP contribution in [0.2, 0.25) is 0 Å². The van der Waals surface area contributed by atoms with Crippen molar-refractivity contribution in [3.8, 4) is 0 Å². The minimum absolute atomic E-state index is 0.106. The van der Waals surface area contributed by atoms with Crippen LogP contribution >= 0.6 is 0 Å². The number of carbonyl (C=O) groups excluding carboxylic acids is 1. The van der Waals surface area contributed by atoms with Gasteiger partial charge in [-0.3, -0.25) is 4.79 Å². The Morgan fingerprint density at radius 2 is 2.16 bits per heavy atom. The molecule has 5 heteroatoms. The quantitative estimate of drug-likeness (QED) is 0.655. The van der Waals surface area contributed by atoms with E-state index in [-0.39, 0.29) is 5.91 Å². The number of carboxylic acids is 1. The van der Waals surface area contributed by atoms with Crippen LogP contribution in [0.5, 0.6) is 0 Å². The van der Waals surface area contributed by atoms with Crippen LogP contribution in [0.4, 0.5) is 0 Å². The lowest BCUT2D eigenvalue weighted by Gasteiger charge is -2.36. The number of carboxylic acid groups (broad SMARTS) is 1. The van der Waals surface area contributed by atoms with Gasteiger partial charge in [0.1, 0.15) is 6.04 Å². The molecule has 1 fully saturated rings. The van der Waals surface area contributed by atoms with Gasteiger partial charge in [-0.1, -0.05) is 26.7 Å². The van der Waals surface area contributed by atoms with Gasteiger partial charge >= 0.3 is 5.97 Å². The molecular formula is C14H26N2O3. The summed E-state index contributed by atoms with van der Waals surface area (Å²) >= 11 is 0. The molecule has 1 amide bonds. The highest BCUT2D eigenvalue weighted by molar-refractivity contribution is 5.87. The molecule has 0 saturated carbocycles. The van der Waals surface area contributed by atoms with E-state index >= 15 is 0 Å². The first-order valence-corrected chi connectivity index (χ1v) is 7.30. The molecule has 1 aliphatic rings. The molecule has 2 atom stereocenters. The summed E-state index contributed by atoms with van der Waals surface area (Å²) in [5.41, 5.74) is -0.432. The van der Waals surface area contributed by atoms with E-state index in [2.05, 4.69) is 10.6 Å². The lowest BCUT2D eigenvalue weighted by atomic mass is 9.77. The van der Waals surface area contributed by atoms with Gasteiger partial charge in [-0.05, 0) is 32.2 Å². The fraction of sp³-hybridized carbons (Fsp3) is 0.857. The lowest BCUT2D eigenvalue weighted by Crippen LogP contribution is -2.54. The van der Waals surface area contributed by atoms with Gasteiger partial charge in [0.2, 0.25) is 5.91 Å². The second-order valence-electron chi connectivity index (χ2n) is 5.42. The Kier molecular flexibility index (Phi) is 6.28. The van der Waals surface area contributed by atoms with Crippen molar-refractivity contribution in [1.82, 2.24) is 10.6 Å². The fourth-order valence-corrected chi connectivity index (χ4v) is 2.60. The minimum Gasteiger partial charge on any atom is -0.480 e. The Bertz CT molecular complexity index is 312. The third kappa shape index (κ3) is 4.20. The fourth-order valence-electron chi connectivity index (χ4n) is 2.60. The van der Waals surface area contributed by atoms with E-state index in [0.717, 1.165) is 38.6 Å². The Labute approximate surface area is 115 Å². The molecular weight excluding hydrogens is 244 g/mol. The smallest absolute Gasteiger partial charge is 0.326 e. The normalized spacial score (nSPS) is 24.7. The van der Waals surface area contributed by atoms with Crippen LogP contribution in [0.25, 0.3) is 0 Å². The third-order valence-electron chi connectivity index (χ3n) is 4.08. The second-order valence-corrected chi connectivity index (χ2v) is 5.42. The average molecular weight is 270 g/mol. The number of rotatable bonds is 7. The average Bonchev–Trinajstić information content (AvgIpc) is 2.43. The molecule has 0 spiro atoms. The molecule has 1 rings (SSSR count). The summed E-state index contributed by atoms with van der Waals surface area (Å²) < 4.78 is 0. The van der Waals surface area contributed by atoms with Crippen LogP contribution in [0.15, 0.2) is 0 Å². The first-order chi connectivity index (χ1) is 9.05. The minimum atomic E-state index is -0.933. The zero-order valence-corrected chi connectivity index (χ0v) is 12.0. The maximum Gasteiger partial charge on any atom is 0.326 e. The first-order valence-electron chi connectivity index (χ1n) is 7.30. The first kappa shape index (κ1) is 16.0. The van der Waals surface area contributed by atoms with Crippen molar-refractivity contribution >= 4 is 11.9 Å². The number of hydrogen-bond acceptors (Lipinski definition) is 3. The van der Waals surface area contributed by atoms with Crippen LogP contribution in [-0.2, 0) is 9.59 Å². The lowest BCUT2D eigenvalue weighted by molar-refractivity contribution is -0.144. The molecule has 0 bridgehead atoms. The highest BCUT2D eigenvalue weighted by atomic mass is 16.4. The monoisotopic (exact) mass is 270 g/mol. The van der Waals surface area contributed by atoms with E-state index in [4.69, 9.17) is 0 Å². The maximum atomic E-state index is 12.4. The van der Waals surface area contributed by atoms with Gasteiger partial charge in [-0.15, -0.1) is 0 Å². The molecule has 5 nitrogen and oxygen atoms in total. The van der Waals surface area contributed by atoms with E-state index in [0.29, 0.717) is 13.0 Å². The molecule has 1 aliphatic heterocycles. The van der Waals surface area contributed by atoms with E-state index < -0.39 is 17.4 Å². The highest BCUT2D eigenvalue weighted by Crippen LogP contribution is 2.30. The summed E-state index contributed by atoms with van der Waals surface area (Å²) in [7, 11) is 0. The Morgan fingerprint density at radius 3 is 2.63 bits per heavy atom. The Balaban J connectivity index is 2.65. The molecule has 2 unspecified atom stereocenters. The van der Waals surface area contributed by atoms with Gasteiger partial charge in [0.25, 0.3) is 0 Å². The summed E-state index contributed by atoms with van der Waals surface area (Å²) in [5.74, 6) is -1.04. The Hall–Kier alpha value is -1.10. The standard InChI is InChI=1S/C14H26N2O3/c1-3-5-7-11(12(17)18)16-13(19)14(4-2)8-6-9-15-10-14/h11,15H,3-10H2,1-2H3,(H,16,19)(H,17,18). The van der Waals surface area contributed by atoms with Crippen molar-refractivity contribution < 1.29 is 14.7 Å². The number of piperidine rings is 1. The third-order valence-corrected chi connectivity index (χ3v) is 4.08. The molecule has 1 saturated heterocycles. The summed E-state index contributed by atoms with van der Waals surface area (Å²) in [6.07, 6.45) is 4.79. The van der Waals surface area contributed by atoms with Crippen molar-refractivity contribution in [3.05, 3.63) is 0 Å². The largest absolute Gasteiger partial charge is 0.480 e. The van der Waals surface area contributed by atoms with Gasteiger partial charge in [0.05, 0.1) is 5.41 Å². The zero-order valence-electron chi connectivity index (χ0n) is 12.0. The van der Waals surface area contributed by atoms with Gasteiger partial charge in [0, 0.05) is 6.54 Å². The molecule has 0 aromatic carbocycles. The molecule has 3 N–H and O–H groups in total. The summed E-state index contributed by atoms with van der Waals surface area (Å²) in [5, 5.41) is 15.2. The van der Waals surface area contributed by atoms with Crippen LogP contribution in [-0.4, -0.2) is 36.1 Å². The van der Waals surface area contributed by atoms with Gasteiger partial charge in [-0.2, -0.15) is 0 Å². The Morgan fingerprint density at radius 1 is 1.42 bits per heavy atom. The summed E-state index contributed by atoms with van der Waals surface area (Å²) in [6, 6.07) is -0.752. The summed E-state index contributed by atoms with van der Waals surface area (Å²) in [4.78, 5) is 23.6. The van der Waals surface area contributed by atoms with Crippen molar-refractivity contribution in [2.75, 3.05) is 13.1 Å². The van der Waals surface area contributed by atoms with Gasteiger partial charge in [-0.25, -0.2) is 4.79 Å². The van der Waals surface area contributed by atoms with E-state index in [1.54, 1.807) is 0 Å². The number of hydrogen-bond donors (Lipinski definition) is 3. The molecule has 0 aromatic heterocycles. The van der Waals surface area contributed by atoms with Gasteiger partial charge in [0.15, 0.2) is 0 Å². The molecule has 110 valence electrons. The van der Waals surface area contributed by atoms with E-state index in [1.165, 1.54) is 0 Å². The number of nitrogens with one attached hydrogen (secondary N) is 2. The molecule has 0 aromatic rings. The van der Waals surface area contributed by atoms with Gasteiger partial charge < -0.3 is 15.7 Å². The molecule has 1 heterocycles. The summed E-state index contributed by atoms with van der Waals surface area (Å²) in [6.45, 7) is 5.59. The molecule has 19 heavy (non-hydrogen) atoms. The number of carbonyl (C=O) groups is 2. The van der Waals surface area contributed by atoms with Crippen LogP contribution in [0.1, 0.15) is 52.4 Å². The predicted octanol–water partition coefficient (Wildman–Crippen LogP) is 1.53. The number of unbranched alkanes of at least 4 members (excludes halogenated alkanes) is 1. The maximum absolute atomic E-state index is 12.4. The van der Waals surface area contributed by atoms with Crippen LogP contribution in [0, 0.1) is 5.41 Å². The zero-order chi connectivity index (χ0) is 14.3. The topological polar surface area (TPSA) is 78.4 Å². The predicted molar refractivity (Wildman–Crippen MR) is 73.9 cm³/mol. The van der Waals surface area contributed by atoms with Crippen LogP contribution in [0.3, 0.4) is 0 Å². The van der Waals surface area contributed by atoms with Crippen molar-refractivity contribution in [2.24, 2.45) is 5.41 Å². The SMILES string of the molecule is CCCCC(NC(=O)C1(CC)CCCNC1)C(=O)O. The second kappa shape index (κ2) is 7.48. The van der Waals surface area contributed by atoms with Crippen molar-refractivity contribution in [2.45, 2.75) is 58.4 Å². The number of aliphatic carboxylic acids is 1. The molecule has 0 radical (unpaired) electrons. The van der Waals surface area contributed by atoms with E-state index in [1.807, 2.05) is 13.8 Å². The van der Waals surface area contributed by atoms with Crippen molar-refractivity contribution in [3.63, 3.8) is 0 Å². The highest BCUT2D eigenvalue weighted by Gasteiger charge is 2.39. The van der Waals surface area contributed by atoms with E-state index in [9.17, 15) is 14.7 Å².